The third kappa shape index (κ3) is 4.15. The summed E-state index contributed by atoms with van der Waals surface area (Å²) in [4.78, 5) is 23.0. The maximum absolute atomic E-state index is 12.5. The topological polar surface area (TPSA) is 106 Å². The Labute approximate surface area is 201 Å². The number of piperidine rings is 1. The molecule has 0 radical (unpaired) electrons. The summed E-state index contributed by atoms with van der Waals surface area (Å²) in [6.45, 7) is 6.96. The van der Waals surface area contributed by atoms with Gasteiger partial charge in [-0.25, -0.2) is 14.8 Å². The molecular formula is C24H24ClN5O4. The molecule has 176 valence electrons. The van der Waals surface area contributed by atoms with Crippen molar-refractivity contribution in [3.63, 3.8) is 0 Å². The van der Waals surface area contributed by atoms with Gasteiger partial charge in [0.1, 0.15) is 23.6 Å². The molecule has 2 saturated heterocycles. The van der Waals surface area contributed by atoms with Crippen LogP contribution in [0, 0.1) is 11.3 Å². The minimum atomic E-state index is -0.564. The molecule has 2 aromatic heterocycles. The predicted octanol–water partition coefficient (Wildman–Crippen LogP) is 4.10. The van der Waals surface area contributed by atoms with Crippen molar-refractivity contribution in [3.05, 3.63) is 47.4 Å². The van der Waals surface area contributed by atoms with Crippen molar-refractivity contribution in [1.29, 1.82) is 5.26 Å². The van der Waals surface area contributed by atoms with Gasteiger partial charge in [-0.15, -0.1) is 0 Å². The van der Waals surface area contributed by atoms with Gasteiger partial charge < -0.3 is 19.1 Å². The third-order valence-corrected chi connectivity index (χ3v) is 6.21. The van der Waals surface area contributed by atoms with Crippen LogP contribution in [0.5, 0.6) is 5.88 Å². The quantitative estimate of drug-likeness (QED) is 0.518. The number of likely N-dealkylation sites (tertiary alicyclic amines) is 1. The molecule has 2 aliphatic heterocycles. The van der Waals surface area contributed by atoms with Gasteiger partial charge in [-0.3, -0.25) is 4.57 Å². The van der Waals surface area contributed by atoms with Gasteiger partial charge in [0.15, 0.2) is 5.65 Å². The Morgan fingerprint density at radius 3 is 2.79 bits per heavy atom. The van der Waals surface area contributed by atoms with Crippen LogP contribution in [0.3, 0.4) is 0 Å². The van der Waals surface area contributed by atoms with Crippen LogP contribution in [-0.4, -0.2) is 62.5 Å². The van der Waals surface area contributed by atoms with Crippen LogP contribution < -0.4 is 4.74 Å². The molecule has 0 aliphatic carbocycles. The molecular weight excluding hydrogens is 458 g/mol. The maximum Gasteiger partial charge on any atom is 0.410 e. The molecule has 5 rings (SSSR count). The second kappa shape index (κ2) is 8.15. The number of benzene rings is 1. The molecule has 34 heavy (non-hydrogen) atoms. The molecule has 4 heterocycles. The fourth-order valence-corrected chi connectivity index (χ4v) is 4.45. The van der Waals surface area contributed by atoms with Crippen molar-refractivity contribution >= 4 is 28.7 Å². The van der Waals surface area contributed by atoms with Crippen molar-refractivity contribution in [3.8, 4) is 17.6 Å². The van der Waals surface area contributed by atoms with Crippen LogP contribution in [0.15, 0.2) is 36.8 Å². The Morgan fingerprint density at radius 2 is 2.12 bits per heavy atom. The van der Waals surface area contributed by atoms with Gasteiger partial charge in [-0.05, 0) is 45.0 Å². The molecule has 2 aliphatic rings. The van der Waals surface area contributed by atoms with Crippen molar-refractivity contribution < 1.29 is 19.0 Å². The van der Waals surface area contributed by atoms with Gasteiger partial charge in [-0.1, -0.05) is 11.6 Å². The van der Waals surface area contributed by atoms with E-state index in [-0.39, 0.29) is 12.2 Å². The number of ether oxygens (including phenoxy) is 3. The van der Waals surface area contributed by atoms with Gasteiger partial charge in [0.05, 0.1) is 40.9 Å². The monoisotopic (exact) mass is 481 g/mol. The number of nitrogens with zero attached hydrogens (tertiary/aromatic N) is 5. The van der Waals surface area contributed by atoms with Crippen LogP contribution in [-0.2, 0) is 9.47 Å². The number of amides is 1. The summed E-state index contributed by atoms with van der Waals surface area (Å²) in [6.07, 6.45) is 3.27. The second-order valence-corrected chi connectivity index (χ2v) is 9.94. The van der Waals surface area contributed by atoms with E-state index in [1.165, 1.54) is 6.33 Å². The highest BCUT2D eigenvalue weighted by Gasteiger charge is 2.57. The largest absolute Gasteiger partial charge is 0.470 e. The van der Waals surface area contributed by atoms with E-state index in [1.54, 1.807) is 23.1 Å². The molecule has 9 nitrogen and oxygen atoms in total. The third-order valence-electron chi connectivity index (χ3n) is 5.91. The number of rotatable bonds is 3. The van der Waals surface area contributed by atoms with Gasteiger partial charge >= 0.3 is 6.09 Å². The molecule has 0 N–H and O–H groups in total. The average molecular weight is 482 g/mol. The summed E-state index contributed by atoms with van der Waals surface area (Å²) < 4.78 is 19.5. The second-order valence-electron chi connectivity index (χ2n) is 9.53. The van der Waals surface area contributed by atoms with Gasteiger partial charge in [-0.2, -0.15) is 5.26 Å². The highest BCUT2D eigenvalue weighted by molar-refractivity contribution is 6.32. The van der Waals surface area contributed by atoms with E-state index in [1.807, 2.05) is 37.6 Å². The average Bonchev–Trinajstić information content (AvgIpc) is 3.42. The summed E-state index contributed by atoms with van der Waals surface area (Å²) >= 11 is 6.41. The number of aromatic nitrogens is 3. The Kier molecular flexibility index (Phi) is 5.38. The molecule has 0 saturated carbocycles. The number of fused-ring (bicyclic) bond motifs is 1. The van der Waals surface area contributed by atoms with Crippen LogP contribution in [0.25, 0.3) is 16.7 Å². The Hall–Kier alpha value is -3.35. The molecule has 2 fully saturated rings. The zero-order chi connectivity index (χ0) is 24.1. The summed E-state index contributed by atoms with van der Waals surface area (Å²) in [5, 5.41) is 10.3. The number of halogens is 1. The molecule has 0 bridgehead atoms. The predicted molar refractivity (Wildman–Crippen MR) is 124 cm³/mol. The Morgan fingerprint density at radius 1 is 1.32 bits per heavy atom. The van der Waals surface area contributed by atoms with E-state index in [9.17, 15) is 4.79 Å². The molecule has 1 spiro atoms. The minimum Gasteiger partial charge on any atom is -0.470 e. The zero-order valence-corrected chi connectivity index (χ0v) is 19.9. The van der Waals surface area contributed by atoms with E-state index in [2.05, 4.69) is 16.0 Å². The highest BCUT2D eigenvalue weighted by Crippen LogP contribution is 2.40. The van der Waals surface area contributed by atoms with Crippen molar-refractivity contribution in [1.82, 2.24) is 19.4 Å². The standard InChI is InChI=1S/C24H24ClN5O4/c1-23(2,3)34-22(31)29-8-7-19(24(12-29)13-32-24)33-21-16-6-9-30(20(16)27-14-28-21)18-5-4-15(11-26)10-17(18)25/h4-6,9-10,14,19H,7-8,12-13H2,1-3H3/t19-,24?/m1/s1. The zero-order valence-electron chi connectivity index (χ0n) is 19.1. The van der Waals surface area contributed by atoms with Crippen molar-refractivity contribution in [2.45, 2.75) is 44.5 Å². The molecule has 2 atom stereocenters. The summed E-state index contributed by atoms with van der Waals surface area (Å²) in [5.74, 6) is 0.444. The number of carbonyl (C=O) groups is 1. The summed E-state index contributed by atoms with van der Waals surface area (Å²) in [6, 6.07) is 9.06. The normalized spacial score (nSPS) is 22.0. The van der Waals surface area contributed by atoms with Gasteiger partial charge in [0.25, 0.3) is 0 Å². The van der Waals surface area contributed by atoms with E-state index < -0.39 is 11.2 Å². The van der Waals surface area contributed by atoms with E-state index in [0.29, 0.717) is 53.9 Å². The van der Waals surface area contributed by atoms with E-state index >= 15 is 0 Å². The lowest BCUT2D eigenvalue weighted by Crippen LogP contribution is -2.54. The molecule has 1 unspecified atom stereocenters. The Bertz CT molecular complexity index is 1300. The van der Waals surface area contributed by atoms with Crippen LogP contribution in [0.2, 0.25) is 5.02 Å². The fourth-order valence-electron chi connectivity index (χ4n) is 4.18. The summed E-state index contributed by atoms with van der Waals surface area (Å²) in [5.41, 5.74) is 0.697. The van der Waals surface area contributed by atoms with Crippen LogP contribution >= 0.6 is 11.6 Å². The van der Waals surface area contributed by atoms with Gasteiger partial charge in [0.2, 0.25) is 5.88 Å². The van der Waals surface area contributed by atoms with Crippen LogP contribution in [0.1, 0.15) is 32.8 Å². The summed E-state index contributed by atoms with van der Waals surface area (Å²) in [7, 11) is 0. The van der Waals surface area contributed by atoms with E-state index in [4.69, 9.17) is 31.1 Å². The molecule has 10 heteroatoms. The van der Waals surface area contributed by atoms with Crippen molar-refractivity contribution in [2.24, 2.45) is 0 Å². The highest BCUT2D eigenvalue weighted by atomic mass is 35.5. The number of hydrogen-bond donors (Lipinski definition) is 0. The van der Waals surface area contributed by atoms with Crippen LogP contribution in [0.4, 0.5) is 4.79 Å². The molecule has 1 amide bonds. The lowest BCUT2D eigenvalue weighted by atomic mass is 9.95. The van der Waals surface area contributed by atoms with Gasteiger partial charge in [0, 0.05) is 19.2 Å². The lowest BCUT2D eigenvalue weighted by molar-refractivity contribution is -0.0127. The number of carbonyl (C=O) groups excluding carboxylic acids is 1. The minimum absolute atomic E-state index is 0.258. The smallest absolute Gasteiger partial charge is 0.410 e. The van der Waals surface area contributed by atoms with Crippen molar-refractivity contribution in [2.75, 3.05) is 19.7 Å². The number of epoxide rings is 1. The molecule has 3 aromatic rings. The maximum atomic E-state index is 12.5. The molecule has 1 aromatic carbocycles. The number of hydrogen-bond acceptors (Lipinski definition) is 7. The SMILES string of the molecule is CC(C)(C)OC(=O)N1CC[C@@H](Oc2ncnc3c2ccn3-c2ccc(C#N)cc2Cl)C2(CO2)C1. The first-order chi connectivity index (χ1) is 16.2. The first-order valence-electron chi connectivity index (χ1n) is 11.0. The van der Waals surface area contributed by atoms with E-state index in [0.717, 1.165) is 5.39 Å². The fraction of sp³-hybridized carbons (Fsp3) is 0.417. The Balaban J connectivity index is 1.38. The lowest BCUT2D eigenvalue weighted by Gasteiger charge is -2.37. The first-order valence-corrected chi connectivity index (χ1v) is 11.4. The first kappa shape index (κ1) is 22.4. The number of nitriles is 1.